The molecule has 1 aliphatic rings. The molecule has 0 radical (unpaired) electrons. The van der Waals surface area contributed by atoms with Crippen molar-refractivity contribution in [2.45, 2.75) is 32.3 Å². The Balaban J connectivity index is 1.67. The molecule has 1 saturated heterocycles. The molecule has 0 aliphatic carbocycles. The molecule has 1 heterocycles. The minimum Gasteiger partial charge on any atom is -0.399 e. The molecule has 0 aromatic heterocycles. The van der Waals surface area contributed by atoms with Gasteiger partial charge in [0, 0.05) is 31.0 Å². The number of benzene rings is 1. The van der Waals surface area contributed by atoms with E-state index >= 15 is 0 Å². The van der Waals surface area contributed by atoms with Gasteiger partial charge in [0.2, 0.25) is 5.91 Å². The van der Waals surface area contributed by atoms with E-state index in [1.54, 1.807) is 6.07 Å². The van der Waals surface area contributed by atoms with Crippen molar-refractivity contribution >= 4 is 17.3 Å². The van der Waals surface area contributed by atoms with Gasteiger partial charge in [-0.05, 0) is 43.5 Å². The molecule has 3 N–H and O–H groups in total. The summed E-state index contributed by atoms with van der Waals surface area (Å²) in [4.78, 5) is 11.8. The molecule has 1 aromatic carbocycles. The minimum absolute atomic E-state index is 0.00384. The number of anilines is 2. The minimum atomic E-state index is 0.00384. The van der Waals surface area contributed by atoms with Crippen LogP contribution in [0.25, 0.3) is 0 Å². The number of hydrogen-bond acceptors (Lipinski definition) is 4. The molecule has 0 spiro atoms. The molecular weight excluding hydrogens is 256 g/mol. The number of rotatable bonds is 6. The van der Waals surface area contributed by atoms with Gasteiger partial charge in [-0.25, -0.2) is 0 Å². The Morgan fingerprint density at radius 2 is 2.40 bits per heavy atom. The maximum Gasteiger partial charge on any atom is 0.224 e. The lowest BCUT2D eigenvalue weighted by Crippen LogP contribution is -2.16. The Labute approximate surface area is 119 Å². The molecule has 110 valence electrons. The molecule has 1 atom stereocenters. The average Bonchev–Trinajstić information content (AvgIpc) is 2.91. The normalized spacial score (nSPS) is 18.1. The standard InChI is InChI=1S/C15H22N2O3/c1-11-9-12(16)4-5-14(11)17-15(18)3-2-7-20-13-6-8-19-10-13/h4-5,9,13H,2-3,6-8,10,16H2,1H3,(H,17,18). The summed E-state index contributed by atoms with van der Waals surface area (Å²) in [7, 11) is 0. The van der Waals surface area contributed by atoms with Crippen LogP contribution in [0.5, 0.6) is 0 Å². The molecule has 1 unspecified atom stereocenters. The lowest BCUT2D eigenvalue weighted by atomic mass is 10.1. The van der Waals surface area contributed by atoms with Gasteiger partial charge in [0.25, 0.3) is 0 Å². The number of amides is 1. The molecule has 5 nitrogen and oxygen atoms in total. The molecule has 1 fully saturated rings. The summed E-state index contributed by atoms with van der Waals surface area (Å²) >= 11 is 0. The second-order valence-corrected chi connectivity index (χ2v) is 5.08. The lowest BCUT2D eigenvalue weighted by Gasteiger charge is -2.11. The van der Waals surface area contributed by atoms with Crippen LogP contribution in [0.15, 0.2) is 18.2 Å². The first kappa shape index (κ1) is 14.8. The second kappa shape index (κ2) is 7.26. The number of aryl methyl sites for hydroxylation is 1. The van der Waals surface area contributed by atoms with Gasteiger partial charge in [-0.15, -0.1) is 0 Å². The van der Waals surface area contributed by atoms with E-state index in [0.717, 1.165) is 30.7 Å². The zero-order valence-electron chi connectivity index (χ0n) is 11.9. The van der Waals surface area contributed by atoms with Gasteiger partial charge < -0.3 is 20.5 Å². The van der Waals surface area contributed by atoms with Crippen molar-refractivity contribution in [3.8, 4) is 0 Å². The molecule has 1 aromatic rings. The third kappa shape index (κ3) is 4.51. The first-order valence-electron chi connectivity index (χ1n) is 7.00. The first-order valence-corrected chi connectivity index (χ1v) is 7.00. The Kier molecular flexibility index (Phi) is 5.38. The van der Waals surface area contributed by atoms with E-state index in [9.17, 15) is 4.79 Å². The Morgan fingerprint density at radius 3 is 3.10 bits per heavy atom. The molecular formula is C15H22N2O3. The number of ether oxygens (including phenoxy) is 2. The zero-order valence-corrected chi connectivity index (χ0v) is 11.9. The van der Waals surface area contributed by atoms with Crippen LogP contribution in [-0.4, -0.2) is 31.8 Å². The van der Waals surface area contributed by atoms with Crippen molar-refractivity contribution in [1.29, 1.82) is 0 Å². The molecule has 0 bridgehead atoms. The molecule has 1 aliphatic heterocycles. The Hall–Kier alpha value is -1.59. The molecule has 5 heteroatoms. The van der Waals surface area contributed by atoms with Crippen molar-refractivity contribution in [3.63, 3.8) is 0 Å². The topological polar surface area (TPSA) is 73.6 Å². The number of nitrogens with one attached hydrogen (secondary N) is 1. The lowest BCUT2D eigenvalue weighted by molar-refractivity contribution is -0.116. The van der Waals surface area contributed by atoms with Crippen LogP contribution >= 0.6 is 0 Å². The molecule has 2 rings (SSSR count). The first-order chi connectivity index (χ1) is 9.65. The van der Waals surface area contributed by atoms with E-state index < -0.39 is 0 Å². The summed E-state index contributed by atoms with van der Waals surface area (Å²) in [5.41, 5.74) is 8.16. The van der Waals surface area contributed by atoms with Crippen LogP contribution in [0.4, 0.5) is 11.4 Å². The zero-order chi connectivity index (χ0) is 14.4. The van der Waals surface area contributed by atoms with Crippen molar-refractivity contribution in [1.82, 2.24) is 0 Å². The van der Waals surface area contributed by atoms with E-state index in [1.807, 2.05) is 19.1 Å². The maximum atomic E-state index is 11.8. The number of hydrogen-bond donors (Lipinski definition) is 2. The number of carbonyl (C=O) groups is 1. The van der Waals surface area contributed by atoms with Crippen molar-refractivity contribution < 1.29 is 14.3 Å². The van der Waals surface area contributed by atoms with Crippen LogP contribution in [0, 0.1) is 6.92 Å². The third-order valence-corrected chi connectivity index (χ3v) is 3.31. The number of carbonyl (C=O) groups excluding carboxylic acids is 1. The summed E-state index contributed by atoms with van der Waals surface area (Å²) in [6.07, 6.45) is 2.34. The van der Waals surface area contributed by atoms with E-state index in [2.05, 4.69) is 5.32 Å². The van der Waals surface area contributed by atoms with Crippen molar-refractivity contribution in [2.75, 3.05) is 30.9 Å². The van der Waals surface area contributed by atoms with Gasteiger partial charge in [0.05, 0.1) is 12.7 Å². The Morgan fingerprint density at radius 1 is 1.55 bits per heavy atom. The SMILES string of the molecule is Cc1cc(N)ccc1NC(=O)CCCOC1CCOC1. The average molecular weight is 278 g/mol. The fraction of sp³-hybridized carbons (Fsp3) is 0.533. The van der Waals surface area contributed by atoms with E-state index in [4.69, 9.17) is 15.2 Å². The summed E-state index contributed by atoms with van der Waals surface area (Å²) in [6.45, 7) is 3.98. The van der Waals surface area contributed by atoms with Crippen LogP contribution in [0.1, 0.15) is 24.8 Å². The number of nitrogen functional groups attached to an aromatic ring is 1. The maximum absolute atomic E-state index is 11.8. The summed E-state index contributed by atoms with van der Waals surface area (Å²) in [5, 5.41) is 2.89. The highest BCUT2D eigenvalue weighted by molar-refractivity contribution is 5.91. The predicted molar refractivity (Wildman–Crippen MR) is 78.6 cm³/mol. The second-order valence-electron chi connectivity index (χ2n) is 5.08. The highest BCUT2D eigenvalue weighted by Gasteiger charge is 2.15. The monoisotopic (exact) mass is 278 g/mol. The van der Waals surface area contributed by atoms with Gasteiger partial charge in [-0.2, -0.15) is 0 Å². The number of nitrogens with two attached hydrogens (primary N) is 1. The van der Waals surface area contributed by atoms with Gasteiger partial charge in [-0.3, -0.25) is 4.79 Å². The van der Waals surface area contributed by atoms with Gasteiger partial charge >= 0.3 is 0 Å². The summed E-state index contributed by atoms with van der Waals surface area (Å²) in [6, 6.07) is 5.46. The largest absolute Gasteiger partial charge is 0.399 e. The smallest absolute Gasteiger partial charge is 0.224 e. The summed E-state index contributed by atoms with van der Waals surface area (Å²) < 4.78 is 10.8. The Bertz CT molecular complexity index is 456. The van der Waals surface area contributed by atoms with Crippen LogP contribution < -0.4 is 11.1 Å². The molecule has 1 amide bonds. The van der Waals surface area contributed by atoms with E-state index in [1.165, 1.54) is 0 Å². The third-order valence-electron chi connectivity index (χ3n) is 3.31. The van der Waals surface area contributed by atoms with E-state index in [0.29, 0.717) is 25.3 Å². The van der Waals surface area contributed by atoms with Gasteiger partial charge in [-0.1, -0.05) is 0 Å². The molecule has 20 heavy (non-hydrogen) atoms. The molecule has 0 saturated carbocycles. The van der Waals surface area contributed by atoms with Gasteiger partial charge in [0.15, 0.2) is 0 Å². The highest BCUT2D eigenvalue weighted by atomic mass is 16.5. The van der Waals surface area contributed by atoms with Gasteiger partial charge in [0.1, 0.15) is 0 Å². The predicted octanol–water partition coefficient (Wildman–Crippen LogP) is 2.10. The fourth-order valence-electron chi connectivity index (χ4n) is 2.17. The fourth-order valence-corrected chi connectivity index (χ4v) is 2.17. The van der Waals surface area contributed by atoms with Crippen molar-refractivity contribution in [2.24, 2.45) is 0 Å². The highest BCUT2D eigenvalue weighted by Crippen LogP contribution is 2.18. The van der Waals surface area contributed by atoms with E-state index in [-0.39, 0.29) is 12.0 Å². The summed E-state index contributed by atoms with van der Waals surface area (Å²) in [5.74, 6) is 0.00384. The van der Waals surface area contributed by atoms with Crippen LogP contribution in [0.2, 0.25) is 0 Å². The van der Waals surface area contributed by atoms with Crippen molar-refractivity contribution in [3.05, 3.63) is 23.8 Å². The van der Waals surface area contributed by atoms with Crippen LogP contribution in [-0.2, 0) is 14.3 Å². The quantitative estimate of drug-likeness (QED) is 0.617. The van der Waals surface area contributed by atoms with Crippen LogP contribution in [0.3, 0.4) is 0 Å².